The maximum atomic E-state index is 5.33. The molecule has 0 fully saturated rings. The Morgan fingerprint density at radius 2 is 1.95 bits per heavy atom. The first-order chi connectivity index (χ1) is 9.86. The second-order valence-electron chi connectivity index (χ2n) is 4.61. The number of hydrogen-bond donors (Lipinski definition) is 1. The highest BCUT2D eigenvalue weighted by Gasteiger charge is 2.01. The first kappa shape index (κ1) is 12.5. The van der Waals surface area contributed by atoms with Crippen molar-refractivity contribution in [1.82, 2.24) is 4.98 Å². The van der Waals surface area contributed by atoms with Gasteiger partial charge in [0.05, 0.1) is 12.8 Å². The van der Waals surface area contributed by atoms with Crippen molar-refractivity contribution in [3.63, 3.8) is 0 Å². The van der Waals surface area contributed by atoms with Crippen molar-refractivity contribution in [2.75, 3.05) is 12.4 Å². The Bertz CT molecular complexity index is 725. The van der Waals surface area contributed by atoms with E-state index in [1.165, 1.54) is 10.9 Å². The van der Waals surface area contributed by atoms with Crippen LogP contribution in [0, 0.1) is 0 Å². The molecule has 0 amide bonds. The minimum Gasteiger partial charge on any atom is -0.495 e. The highest BCUT2D eigenvalue weighted by atomic mass is 16.5. The highest BCUT2D eigenvalue weighted by molar-refractivity contribution is 5.82. The molecule has 0 saturated heterocycles. The standard InChI is InChI=1S/C17H16N2O/c1-20-17-5-3-2-4-16(17)19-11-13-6-7-15-12-18-9-8-14(15)10-13/h2-10,12,19H,11H2,1H3. The molecule has 0 atom stereocenters. The molecule has 1 N–H and O–H groups in total. The van der Waals surface area contributed by atoms with Crippen molar-refractivity contribution < 1.29 is 4.74 Å². The summed E-state index contributed by atoms with van der Waals surface area (Å²) < 4.78 is 5.33. The highest BCUT2D eigenvalue weighted by Crippen LogP contribution is 2.24. The third kappa shape index (κ3) is 2.57. The van der Waals surface area contributed by atoms with Gasteiger partial charge in [0.2, 0.25) is 0 Å². The van der Waals surface area contributed by atoms with E-state index in [0.717, 1.165) is 23.4 Å². The lowest BCUT2D eigenvalue weighted by molar-refractivity contribution is 0.416. The van der Waals surface area contributed by atoms with E-state index in [0.29, 0.717) is 0 Å². The van der Waals surface area contributed by atoms with Gasteiger partial charge in [0.1, 0.15) is 5.75 Å². The van der Waals surface area contributed by atoms with Gasteiger partial charge in [-0.25, -0.2) is 0 Å². The minimum atomic E-state index is 0.763. The van der Waals surface area contributed by atoms with Gasteiger partial charge in [-0.1, -0.05) is 24.3 Å². The van der Waals surface area contributed by atoms with Crippen molar-refractivity contribution in [3.05, 3.63) is 66.5 Å². The summed E-state index contributed by atoms with van der Waals surface area (Å²) in [6.07, 6.45) is 3.70. The lowest BCUT2D eigenvalue weighted by Gasteiger charge is -2.11. The molecule has 3 heteroatoms. The molecule has 1 aromatic heterocycles. The predicted molar refractivity (Wildman–Crippen MR) is 82.1 cm³/mol. The van der Waals surface area contributed by atoms with Gasteiger partial charge in [0.15, 0.2) is 0 Å². The maximum Gasteiger partial charge on any atom is 0.141 e. The summed E-state index contributed by atoms with van der Waals surface area (Å²) in [6.45, 7) is 0.763. The van der Waals surface area contributed by atoms with Crippen molar-refractivity contribution in [3.8, 4) is 5.75 Å². The van der Waals surface area contributed by atoms with Gasteiger partial charge in [-0.15, -0.1) is 0 Å². The first-order valence-corrected chi connectivity index (χ1v) is 6.56. The smallest absolute Gasteiger partial charge is 0.141 e. The Labute approximate surface area is 118 Å². The van der Waals surface area contributed by atoms with Crippen LogP contribution in [0.2, 0.25) is 0 Å². The molecule has 0 saturated carbocycles. The van der Waals surface area contributed by atoms with E-state index < -0.39 is 0 Å². The molecule has 2 aromatic carbocycles. The number of hydrogen-bond acceptors (Lipinski definition) is 3. The molecule has 0 unspecified atom stereocenters. The number of para-hydroxylation sites is 2. The molecular weight excluding hydrogens is 248 g/mol. The van der Waals surface area contributed by atoms with E-state index in [1.807, 2.05) is 42.7 Å². The third-order valence-corrected chi connectivity index (χ3v) is 3.29. The lowest BCUT2D eigenvalue weighted by Crippen LogP contribution is -2.01. The lowest BCUT2D eigenvalue weighted by atomic mass is 10.1. The molecule has 3 rings (SSSR count). The monoisotopic (exact) mass is 264 g/mol. The Morgan fingerprint density at radius 1 is 1.05 bits per heavy atom. The zero-order valence-corrected chi connectivity index (χ0v) is 11.3. The van der Waals surface area contributed by atoms with Crippen LogP contribution in [0.1, 0.15) is 5.56 Å². The molecule has 20 heavy (non-hydrogen) atoms. The summed E-state index contributed by atoms with van der Waals surface area (Å²) in [5.74, 6) is 0.859. The zero-order chi connectivity index (χ0) is 13.8. The van der Waals surface area contributed by atoms with E-state index in [9.17, 15) is 0 Å². The summed E-state index contributed by atoms with van der Waals surface area (Å²) in [6, 6.07) is 16.4. The molecule has 0 aliphatic heterocycles. The van der Waals surface area contributed by atoms with Crippen LogP contribution in [0.4, 0.5) is 5.69 Å². The van der Waals surface area contributed by atoms with Gasteiger partial charge in [0.25, 0.3) is 0 Å². The average Bonchev–Trinajstić information content (AvgIpc) is 2.53. The minimum absolute atomic E-state index is 0.763. The summed E-state index contributed by atoms with van der Waals surface area (Å²) in [5.41, 5.74) is 2.24. The van der Waals surface area contributed by atoms with Crippen molar-refractivity contribution in [2.24, 2.45) is 0 Å². The predicted octanol–water partition coefficient (Wildman–Crippen LogP) is 3.86. The molecule has 3 nitrogen and oxygen atoms in total. The van der Waals surface area contributed by atoms with E-state index >= 15 is 0 Å². The van der Waals surface area contributed by atoms with Crippen LogP contribution in [0.5, 0.6) is 5.75 Å². The van der Waals surface area contributed by atoms with Crippen LogP contribution in [-0.4, -0.2) is 12.1 Å². The van der Waals surface area contributed by atoms with Crippen LogP contribution in [-0.2, 0) is 6.54 Å². The molecule has 0 aliphatic rings. The number of anilines is 1. The second-order valence-corrected chi connectivity index (χ2v) is 4.61. The molecule has 0 bridgehead atoms. The van der Waals surface area contributed by atoms with Crippen LogP contribution >= 0.6 is 0 Å². The molecular formula is C17H16N2O. The van der Waals surface area contributed by atoms with Crippen molar-refractivity contribution >= 4 is 16.5 Å². The topological polar surface area (TPSA) is 34.1 Å². The fourth-order valence-electron chi connectivity index (χ4n) is 2.23. The average molecular weight is 264 g/mol. The van der Waals surface area contributed by atoms with Gasteiger partial charge < -0.3 is 10.1 Å². The van der Waals surface area contributed by atoms with Gasteiger partial charge in [0, 0.05) is 24.3 Å². The number of rotatable bonds is 4. The number of pyridine rings is 1. The Kier molecular flexibility index (Phi) is 3.50. The van der Waals surface area contributed by atoms with E-state index in [2.05, 4.69) is 28.5 Å². The van der Waals surface area contributed by atoms with Crippen LogP contribution in [0.25, 0.3) is 10.8 Å². The largest absolute Gasteiger partial charge is 0.495 e. The van der Waals surface area contributed by atoms with Gasteiger partial charge in [-0.3, -0.25) is 4.98 Å². The zero-order valence-electron chi connectivity index (χ0n) is 11.3. The summed E-state index contributed by atoms with van der Waals surface area (Å²) in [5, 5.41) is 5.77. The summed E-state index contributed by atoms with van der Waals surface area (Å²) in [4.78, 5) is 4.13. The fourth-order valence-corrected chi connectivity index (χ4v) is 2.23. The SMILES string of the molecule is COc1ccccc1NCc1ccc2cnccc2c1. The molecule has 0 spiro atoms. The summed E-state index contributed by atoms with van der Waals surface area (Å²) in [7, 11) is 1.68. The fraction of sp³-hybridized carbons (Fsp3) is 0.118. The van der Waals surface area contributed by atoms with E-state index in [1.54, 1.807) is 7.11 Å². The number of nitrogens with zero attached hydrogens (tertiary/aromatic N) is 1. The Balaban J connectivity index is 1.79. The van der Waals surface area contributed by atoms with Crippen LogP contribution < -0.4 is 10.1 Å². The molecule has 0 radical (unpaired) electrons. The van der Waals surface area contributed by atoms with Gasteiger partial charge in [-0.2, -0.15) is 0 Å². The molecule has 0 aliphatic carbocycles. The maximum absolute atomic E-state index is 5.33. The van der Waals surface area contributed by atoms with Gasteiger partial charge >= 0.3 is 0 Å². The number of benzene rings is 2. The second kappa shape index (κ2) is 5.61. The molecule has 3 aromatic rings. The number of fused-ring (bicyclic) bond motifs is 1. The quantitative estimate of drug-likeness (QED) is 0.777. The van der Waals surface area contributed by atoms with E-state index in [4.69, 9.17) is 4.74 Å². The molecule has 1 heterocycles. The number of nitrogens with one attached hydrogen (secondary N) is 1. The van der Waals surface area contributed by atoms with Crippen molar-refractivity contribution in [1.29, 1.82) is 0 Å². The third-order valence-electron chi connectivity index (χ3n) is 3.29. The Morgan fingerprint density at radius 3 is 2.85 bits per heavy atom. The summed E-state index contributed by atoms with van der Waals surface area (Å²) >= 11 is 0. The normalized spacial score (nSPS) is 10.4. The van der Waals surface area contributed by atoms with Crippen LogP contribution in [0.15, 0.2) is 60.9 Å². The van der Waals surface area contributed by atoms with Crippen molar-refractivity contribution in [2.45, 2.75) is 6.54 Å². The molecule has 100 valence electrons. The first-order valence-electron chi connectivity index (χ1n) is 6.56. The van der Waals surface area contributed by atoms with Gasteiger partial charge in [-0.05, 0) is 35.2 Å². The van der Waals surface area contributed by atoms with E-state index in [-0.39, 0.29) is 0 Å². The van der Waals surface area contributed by atoms with Crippen LogP contribution in [0.3, 0.4) is 0 Å². The number of ether oxygens (including phenoxy) is 1. The Hall–Kier alpha value is -2.55. The number of methoxy groups -OCH3 is 1. The number of aromatic nitrogens is 1.